The predicted octanol–water partition coefficient (Wildman–Crippen LogP) is 3.76. The molecule has 0 aromatic rings. The van der Waals surface area contributed by atoms with Gasteiger partial charge in [0.2, 0.25) is 0 Å². The summed E-state index contributed by atoms with van der Waals surface area (Å²) in [6.45, 7) is 11.4. The second-order valence-electron chi connectivity index (χ2n) is 8.90. The number of halogens is 3. The highest BCUT2D eigenvalue weighted by Crippen LogP contribution is 2.33. The van der Waals surface area contributed by atoms with E-state index in [2.05, 4.69) is 33.4 Å². The van der Waals surface area contributed by atoms with Crippen molar-refractivity contribution >= 4 is 25.6 Å². The Morgan fingerprint density at radius 1 is 1.20 bits per heavy atom. The number of hydrogen-bond donors (Lipinski definition) is 2. The summed E-state index contributed by atoms with van der Waals surface area (Å²) in [5, 5.41) is 0. The van der Waals surface area contributed by atoms with Crippen LogP contribution in [0.25, 0.3) is 0 Å². The summed E-state index contributed by atoms with van der Waals surface area (Å²) in [5.74, 6) is 0.671. The molecule has 5 nitrogen and oxygen atoms in total. The molecule has 0 spiro atoms. The van der Waals surface area contributed by atoms with Gasteiger partial charge in [-0.3, -0.25) is 14.9 Å². The Balaban J connectivity index is 1.73. The van der Waals surface area contributed by atoms with Crippen molar-refractivity contribution in [3.63, 3.8) is 0 Å². The topological polar surface area (TPSA) is 57.2 Å². The van der Waals surface area contributed by atoms with Gasteiger partial charge in [0.1, 0.15) is 0 Å². The van der Waals surface area contributed by atoms with Crippen LogP contribution in [0.4, 0.5) is 13.2 Å². The number of hydrogen-bond acceptors (Lipinski definition) is 6. The van der Waals surface area contributed by atoms with Gasteiger partial charge >= 0.3 is 6.18 Å². The van der Waals surface area contributed by atoms with E-state index in [1.165, 1.54) is 12.8 Å². The third kappa shape index (κ3) is 7.66. The Labute approximate surface area is 184 Å². The van der Waals surface area contributed by atoms with E-state index in [9.17, 15) is 13.2 Å². The van der Waals surface area contributed by atoms with Crippen LogP contribution in [0.5, 0.6) is 0 Å². The average molecular weight is 448 g/mol. The van der Waals surface area contributed by atoms with Crippen molar-refractivity contribution in [3.8, 4) is 0 Å². The van der Waals surface area contributed by atoms with Crippen LogP contribution in [-0.4, -0.2) is 78.6 Å². The lowest BCUT2D eigenvalue weighted by Crippen LogP contribution is -2.48. The third-order valence-corrected chi connectivity index (χ3v) is 7.07. The number of rotatable bonds is 8. The Bertz CT molecular complexity index is 602. The minimum Gasteiger partial charge on any atom is -0.327 e. The van der Waals surface area contributed by atoms with Crippen LogP contribution in [0.3, 0.4) is 0 Å². The Kier molecular flexibility index (Phi) is 9.39. The fourth-order valence-corrected chi connectivity index (χ4v) is 4.51. The van der Waals surface area contributed by atoms with Gasteiger partial charge in [-0.2, -0.15) is 25.8 Å². The van der Waals surface area contributed by atoms with Gasteiger partial charge in [0.05, 0.1) is 12.2 Å². The zero-order valence-electron chi connectivity index (χ0n) is 18.1. The molecule has 2 atom stereocenters. The van der Waals surface area contributed by atoms with Gasteiger partial charge in [-0.05, 0) is 71.7 Å². The summed E-state index contributed by atoms with van der Waals surface area (Å²) >= 11 is 4.76. The summed E-state index contributed by atoms with van der Waals surface area (Å²) in [7, 11) is 0. The number of allylic oxidation sites excluding steroid dienone is 1. The second-order valence-corrected chi connectivity index (χ2v) is 9.92. The fourth-order valence-electron chi connectivity index (χ4n) is 4.25. The predicted molar refractivity (Wildman–Crippen MR) is 122 cm³/mol. The molecule has 0 aromatic carbocycles. The second kappa shape index (κ2) is 11.1. The van der Waals surface area contributed by atoms with Gasteiger partial charge in [-0.25, -0.2) is 0 Å². The first-order valence-corrected chi connectivity index (χ1v) is 11.1. The molecule has 2 rings (SSSR count). The lowest BCUT2D eigenvalue weighted by molar-refractivity contribution is -0.0857. The van der Waals surface area contributed by atoms with E-state index in [0.29, 0.717) is 18.2 Å². The van der Waals surface area contributed by atoms with Crippen LogP contribution in [0, 0.1) is 5.92 Å². The van der Waals surface area contributed by atoms with Crippen LogP contribution < -0.4 is 5.73 Å². The zero-order chi connectivity index (χ0) is 22.4. The van der Waals surface area contributed by atoms with Crippen LogP contribution in [-0.2, 0) is 0 Å². The summed E-state index contributed by atoms with van der Waals surface area (Å²) in [5.41, 5.74) is 5.19. The maximum Gasteiger partial charge on any atom is 0.419 e. The molecule has 2 N–H and O–H groups in total. The Hall–Kier alpha value is -0.900. The number of thiol groups is 1. The SMILES string of the molecule is C=N/C=C(\C=N/CN1CCC(N2CCC(CC(C)(S)C(C)N)CC2)CC1)C(F)(F)F. The molecule has 0 aliphatic carbocycles. The molecular formula is C21H36F3N5S. The first-order valence-electron chi connectivity index (χ1n) is 10.7. The number of aliphatic imine (C=N–C) groups is 2. The highest BCUT2D eigenvalue weighted by Gasteiger charge is 2.34. The zero-order valence-corrected chi connectivity index (χ0v) is 19.0. The van der Waals surface area contributed by atoms with Gasteiger partial charge in [-0.1, -0.05) is 0 Å². The van der Waals surface area contributed by atoms with Gasteiger partial charge < -0.3 is 10.6 Å². The maximum absolute atomic E-state index is 12.8. The molecule has 0 bridgehead atoms. The highest BCUT2D eigenvalue weighted by molar-refractivity contribution is 7.81. The molecule has 0 aromatic heterocycles. The molecule has 2 saturated heterocycles. The van der Waals surface area contributed by atoms with Crippen molar-refractivity contribution in [2.75, 3.05) is 32.8 Å². The normalized spacial score (nSPS) is 24.8. The monoisotopic (exact) mass is 447 g/mol. The number of alkyl halides is 3. The van der Waals surface area contributed by atoms with E-state index < -0.39 is 11.7 Å². The molecular weight excluding hydrogens is 411 g/mol. The van der Waals surface area contributed by atoms with Crippen molar-refractivity contribution < 1.29 is 13.2 Å². The van der Waals surface area contributed by atoms with Crippen molar-refractivity contribution in [2.24, 2.45) is 21.6 Å². The van der Waals surface area contributed by atoms with E-state index in [1.807, 2.05) is 6.92 Å². The van der Waals surface area contributed by atoms with Crippen LogP contribution >= 0.6 is 12.6 Å². The Morgan fingerprint density at radius 2 is 1.80 bits per heavy atom. The van der Waals surface area contributed by atoms with Gasteiger partial charge in [0.15, 0.2) is 0 Å². The van der Waals surface area contributed by atoms with Crippen LogP contribution in [0.2, 0.25) is 0 Å². The lowest BCUT2D eigenvalue weighted by Gasteiger charge is -2.43. The largest absolute Gasteiger partial charge is 0.419 e. The first kappa shape index (κ1) is 25.4. The number of likely N-dealkylation sites (tertiary alicyclic amines) is 2. The standard InChI is InChI=1S/C21H36F3N5S/c1-16(25)20(2,30)12-17-4-10-29(11-5-17)19-6-8-28(9-7-19)15-27-14-18(13-26-3)21(22,23)24/h13-14,16-17,19,30H,3-12,15,25H2,1-2H3/b18-13+,27-14-. The third-order valence-electron chi connectivity index (χ3n) is 6.48. The summed E-state index contributed by atoms with van der Waals surface area (Å²) < 4.78 is 38.3. The molecule has 2 aliphatic heterocycles. The van der Waals surface area contributed by atoms with E-state index >= 15 is 0 Å². The maximum atomic E-state index is 12.8. The molecule has 2 aliphatic rings. The van der Waals surface area contributed by atoms with Crippen LogP contribution in [0.1, 0.15) is 46.0 Å². The molecule has 0 radical (unpaired) electrons. The fraction of sp³-hybridized carbons (Fsp3) is 0.810. The molecule has 2 fully saturated rings. The number of nitrogens with zero attached hydrogens (tertiary/aromatic N) is 4. The minimum absolute atomic E-state index is 0.0709. The highest BCUT2D eigenvalue weighted by atomic mass is 32.1. The summed E-state index contributed by atoms with van der Waals surface area (Å²) in [6, 6.07) is 0.624. The summed E-state index contributed by atoms with van der Waals surface area (Å²) in [4.78, 5) is 11.9. The molecule has 9 heteroatoms. The van der Waals surface area contributed by atoms with Crippen molar-refractivity contribution in [3.05, 3.63) is 11.8 Å². The van der Waals surface area contributed by atoms with Gasteiger partial charge in [-0.15, -0.1) is 0 Å². The molecule has 0 saturated carbocycles. The quantitative estimate of drug-likeness (QED) is 0.440. The van der Waals surface area contributed by atoms with Gasteiger partial charge in [0, 0.05) is 42.3 Å². The van der Waals surface area contributed by atoms with E-state index in [0.717, 1.165) is 51.7 Å². The van der Waals surface area contributed by atoms with E-state index in [4.69, 9.17) is 18.4 Å². The lowest BCUT2D eigenvalue weighted by atomic mass is 9.84. The molecule has 172 valence electrons. The van der Waals surface area contributed by atoms with Crippen molar-refractivity contribution in [1.29, 1.82) is 0 Å². The molecule has 0 amide bonds. The van der Waals surface area contributed by atoms with Crippen molar-refractivity contribution in [2.45, 2.75) is 69.0 Å². The van der Waals surface area contributed by atoms with Gasteiger partial charge in [0.25, 0.3) is 0 Å². The van der Waals surface area contributed by atoms with E-state index in [1.54, 1.807) is 0 Å². The van der Waals surface area contributed by atoms with Crippen molar-refractivity contribution in [1.82, 2.24) is 9.80 Å². The Morgan fingerprint density at radius 3 is 2.30 bits per heavy atom. The van der Waals surface area contributed by atoms with Crippen LogP contribution in [0.15, 0.2) is 21.8 Å². The minimum atomic E-state index is -4.46. The van der Waals surface area contributed by atoms with E-state index in [-0.39, 0.29) is 17.5 Å². The first-order chi connectivity index (χ1) is 14.0. The molecule has 30 heavy (non-hydrogen) atoms. The summed E-state index contributed by atoms with van der Waals surface area (Å²) in [6.07, 6.45) is 2.55. The molecule has 2 unspecified atom stereocenters. The number of piperidine rings is 2. The molecule has 2 heterocycles. The average Bonchev–Trinajstić information content (AvgIpc) is 2.67. The number of nitrogens with two attached hydrogens (primary N) is 1. The smallest absolute Gasteiger partial charge is 0.327 e.